The topological polar surface area (TPSA) is 42.9 Å². The third-order valence-corrected chi connectivity index (χ3v) is 6.18. The number of allylic oxidation sites excluding steroid dienone is 3. The Morgan fingerprint density at radius 3 is 2.86 bits per heavy atom. The van der Waals surface area contributed by atoms with E-state index < -0.39 is 0 Å². The van der Waals surface area contributed by atoms with Gasteiger partial charge in [-0.25, -0.2) is 4.39 Å². The van der Waals surface area contributed by atoms with Gasteiger partial charge in [0.25, 0.3) is 0 Å². The third kappa shape index (κ3) is 4.54. The fourth-order valence-corrected chi connectivity index (χ4v) is 4.31. The van der Waals surface area contributed by atoms with Gasteiger partial charge in [-0.3, -0.25) is 5.41 Å². The second-order valence-corrected chi connectivity index (χ2v) is 8.23. The van der Waals surface area contributed by atoms with E-state index in [0.717, 1.165) is 41.5 Å². The Morgan fingerprint density at radius 2 is 2.07 bits per heavy atom. The highest BCUT2D eigenvalue weighted by atomic mass is 79.9. The van der Waals surface area contributed by atoms with Crippen molar-refractivity contribution < 1.29 is 9.13 Å². The van der Waals surface area contributed by atoms with Crippen molar-refractivity contribution in [2.75, 3.05) is 6.61 Å². The standard InChI is InChI=1S/C23H25BrFN3O/c24-20-7-2-1-6-17(20)16-28-22-9-4-3-8-21(22)27(23(28)26)14-5-15-29-19-12-10-18(25)11-13-19/h1-2,4,6-7,9-12,19,26H,3,5,8,13-16H2. The van der Waals surface area contributed by atoms with E-state index >= 15 is 0 Å². The van der Waals surface area contributed by atoms with Crippen LogP contribution in [0.25, 0.3) is 6.08 Å². The minimum absolute atomic E-state index is 0.0492. The van der Waals surface area contributed by atoms with Crippen molar-refractivity contribution in [3.05, 3.63) is 81.4 Å². The molecule has 4 nitrogen and oxygen atoms in total. The largest absolute Gasteiger partial charge is 0.374 e. The second kappa shape index (κ2) is 9.09. The van der Waals surface area contributed by atoms with Gasteiger partial charge >= 0.3 is 0 Å². The Bertz CT molecular complexity index is 1030. The second-order valence-electron chi connectivity index (χ2n) is 7.37. The number of fused-ring (bicyclic) bond motifs is 1. The van der Waals surface area contributed by atoms with Gasteiger partial charge in [-0.15, -0.1) is 0 Å². The van der Waals surface area contributed by atoms with Crippen molar-refractivity contribution in [1.82, 2.24) is 9.13 Å². The molecule has 2 aliphatic carbocycles. The van der Waals surface area contributed by atoms with Gasteiger partial charge in [-0.05, 0) is 55.5 Å². The number of benzene rings is 1. The number of hydrogen-bond acceptors (Lipinski definition) is 2. The summed E-state index contributed by atoms with van der Waals surface area (Å²) in [6, 6.07) is 8.17. The zero-order valence-electron chi connectivity index (χ0n) is 16.3. The summed E-state index contributed by atoms with van der Waals surface area (Å²) in [5.74, 6) is -0.190. The first-order chi connectivity index (χ1) is 14.1. The van der Waals surface area contributed by atoms with Crippen LogP contribution in [0.15, 0.2) is 58.9 Å². The minimum atomic E-state index is -0.190. The van der Waals surface area contributed by atoms with Gasteiger partial charge in [-0.1, -0.05) is 46.3 Å². The lowest BCUT2D eigenvalue weighted by molar-refractivity contribution is 0.0812. The molecule has 0 aliphatic heterocycles. The Morgan fingerprint density at radius 1 is 1.21 bits per heavy atom. The minimum Gasteiger partial charge on any atom is -0.374 e. The quantitative estimate of drug-likeness (QED) is 0.575. The van der Waals surface area contributed by atoms with Crippen LogP contribution in [0.4, 0.5) is 4.39 Å². The molecule has 0 saturated heterocycles. The summed E-state index contributed by atoms with van der Waals surface area (Å²) in [5.41, 5.74) is 4.05. The molecule has 0 fully saturated rings. The van der Waals surface area contributed by atoms with E-state index in [-0.39, 0.29) is 11.9 Å². The lowest BCUT2D eigenvalue weighted by atomic mass is 10.1. The number of nitrogens with one attached hydrogen (secondary N) is 1. The van der Waals surface area contributed by atoms with E-state index in [9.17, 15) is 4.39 Å². The summed E-state index contributed by atoms with van der Waals surface area (Å²) in [7, 11) is 0. The van der Waals surface area contributed by atoms with E-state index in [4.69, 9.17) is 10.1 Å². The van der Waals surface area contributed by atoms with E-state index in [1.807, 2.05) is 18.2 Å². The molecular formula is C23H25BrFN3O. The normalized spacial score (nSPS) is 18.0. The molecule has 6 heteroatoms. The van der Waals surface area contributed by atoms with Gasteiger partial charge in [0.1, 0.15) is 5.83 Å². The van der Waals surface area contributed by atoms with Crippen LogP contribution in [-0.2, 0) is 24.2 Å². The molecule has 0 bridgehead atoms. The highest BCUT2D eigenvalue weighted by Crippen LogP contribution is 2.22. The number of rotatable bonds is 7. The van der Waals surface area contributed by atoms with E-state index in [2.05, 4.69) is 43.3 Å². The molecule has 1 aromatic heterocycles. The maximum Gasteiger partial charge on any atom is 0.203 e. The molecule has 0 radical (unpaired) electrons. The number of aromatic nitrogens is 2. The highest BCUT2D eigenvalue weighted by Gasteiger charge is 2.18. The predicted octanol–water partition coefficient (Wildman–Crippen LogP) is 5.13. The number of ether oxygens (including phenoxy) is 1. The summed E-state index contributed by atoms with van der Waals surface area (Å²) < 4.78 is 24.2. The Labute approximate surface area is 178 Å². The zero-order chi connectivity index (χ0) is 20.2. The van der Waals surface area contributed by atoms with Gasteiger partial charge in [-0.2, -0.15) is 0 Å². The van der Waals surface area contributed by atoms with Crippen LogP contribution in [0, 0.1) is 5.41 Å². The number of hydrogen-bond donors (Lipinski definition) is 1. The molecule has 1 heterocycles. The molecule has 29 heavy (non-hydrogen) atoms. The van der Waals surface area contributed by atoms with Crippen LogP contribution in [0.5, 0.6) is 0 Å². The Balaban J connectivity index is 1.47. The molecule has 1 N–H and O–H groups in total. The molecule has 1 aromatic carbocycles. The van der Waals surface area contributed by atoms with Crippen LogP contribution in [0.1, 0.15) is 36.2 Å². The van der Waals surface area contributed by atoms with E-state index in [0.29, 0.717) is 25.2 Å². The van der Waals surface area contributed by atoms with Gasteiger partial charge in [0.15, 0.2) is 0 Å². The van der Waals surface area contributed by atoms with Crippen molar-refractivity contribution in [1.29, 1.82) is 5.41 Å². The van der Waals surface area contributed by atoms with Crippen LogP contribution < -0.4 is 5.62 Å². The number of halogens is 2. The molecule has 2 aliphatic rings. The summed E-state index contributed by atoms with van der Waals surface area (Å²) in [5, 5.41) is 8.79. The first-order valence-electron chi connectivity index (χ1n) is 10.1. The molecule has 1 unspecified atom stereocenters. The summed E-state index contributed by atoms with van der Waals surface area (Å²) in [6.45, 7) is 2.01. The molecule has 0 amide bonds. The monoisotopic (exact) mass is 457 g/mol. The lowest BCUT2D eigenvalue weighted by Gasteiger charge is -2.15. The van der Waals surface area contributed by atoms with Gasteiger partial charge in [0, 0.05) is 23.3 Å². The Hall–Kier alpha value is -2.18. The average molecular weight is 458 g/mol. The van der Waals surface area contributed by atoms with Crippen LogP contribution in [0.3, 0.4) is 0 Å². The van der Waals surface area contributed by atoms with Crippen molar-refractivity contribution in [3.8, 4) is 0 Å². The average Bonchev–Trinajstić information content (AvgIpc) is 3.00. The van der Waals surface area contributed by atoms with Gasteiger partial charge < -0.3 is 13.9 Å². The maximum atomic E-state index is 13.0. The van der Waals surface area contributed by atoms with Crippen LogP contribution in [0.2, 0.25) is 0 Å². The number of imidazole rings is 1. The molecular weight excluding hydrogens is 433 g/mol. The summed E-state index contributed by atoms with van der Waals surface area (Å²) >= 11 is 3.62. The first-order valence-corrected chi connectivity index (χ1v) is 10.8. The summed E-state index contributed by atoms with van der Waals surface area (Å²) in [4.78, 5) is 0. The van der Waals surface area contributed by atoms with Crippen molar-refractivity contribution in [2.45, 2.75) is 44.9 Å². The molecule has 152 valence electrons. The van der Waals surface area contributed by atoms with Gasteiger partial charge in [0.2, 0.25) is 5.62 Å². The SMILES string of the molecule is N=c1n(Cc2ccccc2Br)c2c(n1CCCOC1C=CC(F)=CC1)CCC=C2. The Kier molecular flexibility index (Phi) is 6.31. The lowest BCUT2D eigenvalue weighted by Crippen LogP contribution is -2.27. The summed E-state index contributed by atoms with van der Waals surface area (Å²) in [6.07, 6.45) is 12.5. The van der Waals surface area contributed by atoms with Crippen LogP contribution >= 0.6 is 15.9 Å². The van der Waals surface area contributed by atoms with Crippen molar-refractivity contribution in [3.63, 3.8) is 0 Å². The molecule has 4 rings (SSSR count). The third-order valence-electron chi connectivity index (χ3n) is 5.41. The highest BCUT2D eigenvalue weighted by molar-refractivity contribution is 9.10. The van der Waals surface area contributed by atoms with Crippen LogP contribution in [-0.4, -0.2) is 21.8 Å². The fraction of sp³-hybridized carbons (Fsp3) is 0.348. The van der Waals surface area contributed by atoms with E-state index in [1.54, 1.807) is 12.2 Å². The maximum absolute atomic E-state index is 13.0. The smallest absolute Gasteiger partial charge is 0.203 e. The van der Waals surface area contributed by atoms with Crippen molar-refractivity contribution >= 4 is 22.0 Å². The van der Waals surface area contributed by atoms with Gasteiger partial charge in [0.05, 0.1) is 18.3 Å². The zero-order valence-corrected chi connectivity index (χ0v) is 17.9. The number of nitrogens with zero attached hydrogens (tertiary/aromatic N) is 2. The first kappa shape index (κ1) is 20.1. The predicted molar refractivity (Wildman–Crippen MR) is 116 cm³/mol. The molecule has 0 spiro atoms. The van der Waals surface area contributed by atoms with E-state index in [1.165, 1.54) is 11.8 Å². The van der Waals surface area contributed by atoms with Crippen molar-refractivity contribution in [2.24, 2.45) is 0 Å². The molecule has 2 aromatic rings. The fourth-order valence-electron chi connectivity index (χ4n) is 3.90. The molecule has 1 atom stereocenters. The molecule has 0 saturated carbocycles.